The van der Waals surface area contributed by atoms with Crippen LogP contribution in [0.25, 0.3) is 0 Å². The van der Waals surface area contributed by atoms with Gasteiger partial charge in [-0.1, -0.05) is 16.8 Å². The molecule has 6 heteroatoms. The first-order chi connectivity index (χ1) is 6.82. The molecule has 0 radical (unpaired) electrons. The molecular formula is C9H13BClNO3. The molecule has 2 heterocycles. The van der Waals surface area contributed by atoms with Gasteiger partial charge < -0.3 is 13.8 Å². The third-order valence-electron chi connectivity index (χ3n) is 2.99. The Bertz CT molecular complexity index is 361. The maximum atomic E-state index is 5.75. The molecule has 0 aromatic carbocycles. The molecule has 15 heavy (non-hydrogen) atoms. The molecule has 2 rings (SSSR count). The molecule has 0 atom stereocenters. The summed E-state index contributed by atoms with van der Waals surface area (Å²) in [4.78, 5) is 0. The van der Waals surface area contributed by atoms with E-state index in [2.05, 4.69) is 5.16 Å². The normalized spacial score (nSPS) is 23.4. The predicted molar refractivity (Wildman–Crippen MR) is 57.2 cm³/mol. The minimum absolute atomic E-state index is 0.305. The maximum Gasteiger partial charge on any atom is 0.535 e. The van der Waals surface area contributed by atoms with Crippen LogP contribution in [0.5, 0.6) is 0 Å². The van der Waals surface area contributed by atoms with Crippen molar-refractivity contribution < 1.29 is 13.8 Å². The largest absolute Gasteiger partial charge is 0.535 e. The van der Waals surface area contributed by atoms with Crippen LogP contribution >= 0.6 is 11.6 Å². The van der Waals surface area contributed by atoms with E-state index in [1.807, 2.05) is 27.7 Å². The van der Waals surface area contributed by atoms with Crippen LogP contribution in [0.3, 0.4) is 0 Å². The Labute approximate surface area is 94.0 Å². The van der Waals surface area contributed by atoms with E-state index in [0.29, 0.717) is 10.8 Å². The van der Waals surface area contributed by atoms with Crippen molar-refractivity contribution in [3.05, 3.63) is 11.2 Å². The summed E-state index contributed by atoms with van der Waals surface area (Å²) in [6, 6.07) is 1.60. The van der Waals surface area contributed by atoms with Crippen LogP contribution in [0.4, 0.5) is 0 Å². The molecule has 0 spiro atoms. The molecule has 0 saturated carbocycles. The highest BCUT2D eigenvalue weighted by Crippen LogP contribution is 2.36. The van der Waals surface area contributed by atoms with E-state index in [0.717, 1.165) is 0 Å². The fraction of sp³-hybridized carbons (Fsp3) is 0.667. The number of hydrogen-bond donors (Lipinski definition) is 0. The van der Waals surface area contributed by atoms with Crippen molar-refractivity contribution in [1.29, 1.82) is 0 Å². The molecule has 0 N–H and O–H groups in total. The average molecular weight is 229 g/mol. The van der Waals surface area contributed by atoms with Gasteiger partial charge in [0.15, 0.2) is 10.8 Å². The van der Waals surface area contributed by atoms with Gasteiger partial charge >= 0.3 is 7.12 Å². The lowest BCUT2D eigenvalue weighted by atomic mass is 9.86. The number of halogens is 1. The second-order valence-corrected chi connectivity index (χ2v) is 5.03. The van der Waals surface area contributed by atoms with Gasteiger partial charge in [-0.2, -0.15) is 0 Å². The lowest BCUT2D eigenvalue weighted by Gasteiger charge is -2.32. The summed E-state index contributed by atoms with van der Waals surface area (Å²) in [7, 11) is -0.532. The van der Waals surface area contributed by atoms with Crippen LogP contribution < -0.4 is 5.66 Å². The standard InChI is InChI=1S/C9H13BClNO3/c1-8(2)9(3,4)15-10(14-8)6-5-7(11)12-13-6/h5H,1-4H3. The first kappa shape index (κ1) is 11.0. The summed E-state index contributed by atoms with van der Waals surface area (Å²) >= 11 is 5.67. The average Bonchev–Trinajstić information content (AvgIpc) is 2.56. The number of rotatable bonds is 1. The Morgan fingerprint density at radius 3 is 2.13 bits per heavy atom. The van der Waals surface area contributed by atoms with Gasteiger partial charge in [-0.25, -0.2) is 0 Å². The summed E-state index contributed by atoms with van der Waals surface area (Å²) in [6.45, 7) is 7.91. The van der Waals surface area contributed by atoms with Crippen molar-refractivity contribution in [2.75, 3.05) is 0 Å². The fourth-order valence-electron chi connectivity index (χ4n) is 1.34. The summed E-state index contributed by atoms with van der Waals surface area (Å²) in [5, 5.41) is 3.89. The van der Waals surface area contributed by atoms with Crippen molar-refractivity contribution in [1.82, 2.24) is 5.16 Å². The van der Waals surface area contributed by atoms with Gasteiger partial charge in [0.05, 0.1) is 11.2 Å². The number of aromatic nitrogens is 1. The third kappa shape index (κ3) is 1.79. The quantitative estimate of drug-likeness (QED) is 0.687. The molecule has 1 aromatic heterocycles. The predicted octanol–water partition coefficient (Wildman–Crippen LogP) is 1.63. The van der Waals surface area contributed by atoms with Gasteiger partial charge in [-0.05, 0) is 27.7 Å². The summed E-state index contributed by atoms with van der Waals surface area (Å²) in [5.74, 6) is 0. The van der Waals surface area contributed by atoms with E-state index >= 15 is 0 Å². The minimum Gasteiger partial charge on any atom is -0.397 e. The second kappa shape index (κ2) is 3.24. The topological polar surface area (TPSA) is 44.5 Å². The molecule has 82 valence electrons. The molecule has 0 amide bonds. The van der Waals surface area contributed by atoms with Gasteiger partial charge in [0.1, 0.15) is 0 Å². The number of nitrogens with zero attached hydrogens (tertiary/aromatic N) is 1. The first-order valence-electron chi connectivity index (χ1n) is 4.79. The van der Waals surface area contributed by atoms with Crippen molar-refractivity contribution in [2.45, 2.75) is 38.9 Å². The Hall–Kier alpha value is -0.515. The van der Waals surface area contributed by atoms with E-state index in [1.165, 1.54) is 0 Å². The highest BCUT2D eigenvalue weighted by atomic mass is 35.5. The number of hydrogen-bond acceptors (Lipinski definition) is 4. The molecule has 0 aliphatic carbocycles. The lowest BCUT2D eigenvalue weighted by Crippen LogP contribution is -2.41. The molecule has 1 fully saturated rings. The summed E-state index contributed by atoms with van der Waals surface area (Å²) in [5.41, 5.74) is -0.257. The van der Waals surface area contributed by atoms with Crippen LogP contribution in [0.2, 0.25) is 5.15 Å². The Kier molecular flexibility index (Phi) is 2.37. The molecule has 4 nitrogen and oxygen atoms in total. The Balaban J connectivity index is 2.23. The zero-order valence-corrected chi connectivity index (χ0v) is 9.96. The van der Waals surface area contributed by atoms with Gasteiger partial charge in [0.25, 0.3) is 0 Å². The summed E-state index contributed by atoms with van der Waals surface area (Å²) < 4.78 is 16.5. The van der Waals surface area contributed by atoms with Gasteiger partial charge in [-0.15, -0.1) is 0 Å². The summed E-state index contributed by atoms with van der Waals surface area (Å²) in [6.07, 6.45) is 0. The van der Waals surface area contributed by atoms with Gasteiger partial charge in [0, 0.05) is 6.07 Å². The van der Waals surface area contributed by atoms with E-state index in [-0.39, 0.29) is 11.2 Å². The van der Waals surface area contributed by atoms with Gasteiger partial charge in [-0.3, -0.25) is 0 Å². The zero-order valence-electron chi connectivity index (χ0n) is 9.20. The second-order valence-electron chi connectivity index (χ2n) is 4.64. The first-order valence-corrected chi connectivity index (χ1v) is 5.17. The smallest absolute Gasteiger partial charge is 0.397 e. The van der Waals surface area contributed by atoms with Gasteiger partial charge in [0.2, 0.25) is 0 Å². The minimum atomic E-state index is -0.532. The fourth-order valence-corrected chi connectivity index (χ4v) is 1.48. The zero-order chi connectivity index (χ0) is 11.3. The highest BCUT2D eigenvalue weighted by molar-refractivity contribution is 6.60. The van der Waals surface area contributed by atoms with E-state index in [9.17, 15) is 0 Å². The van der Waals surface area contributed by atoms with Crippen LogP contribution in [0.1, 0.15) is 27.7 Å². The van der Waals surface area contributed by atoms with Crippen LogP contribution in [0.15, 0.2) is 10.6 Å². The van der Waals surface area contributed by atoms with Crippen molar-refractivity contribution in [3.8, 4) is 0 Å². The molecule has 1 aliphatic heterocycles. The Morgan fingerprint density at radius 2 is 1.73 bits per heavy atom. The molecule has 1 aromatic rings. The monoisotopic (exact) mass is 229 g/mol. The SMILES string of the molecule is CC1(C)OB(c2cc(Cl)no2)OC1(C)C. The molecule has 0 unspecified atom stereocenters. The van der Waals surface area contributed by atoms with E-state index in [4.69, 9.17) is 25.4 Å². The molecule has 1 saturated heterocycles. The van der Waals surface area contributed by atoms with E-state index < -0.39 is 7.12 Å². The van der Waals surface area contributed by atoms with E-state index in [1.54, 1.807) is 6.07 Å². The van der Waals surface area contributed by atoms with Crippen molar-refractivity contribution in [3.63, 3.8) is 0 Å². The molecular weight excluding hydrogens is 216 g/mol. The molecule has 1 aliphatic rings. The van der Waals surface area contributed by atoms with Crippen LogP contribution in [0, 0.1) is 0 Å². The van der Waals surface area contributed by atoms with Crippen LogP contribution in [-0.2, 0) is 9.31 Å². The van der Waals surface area contributed by atoms with Crippen molar-refractivity contribution in [2.24, 2.45) is 0 Å². The maximum absolute atomic E-state index is 5.75. The van der Waals surface area contributed by atoms with Crippen molar-refractivity contribution >= 4 is 24.4 Å². The lowest BCUT2D eigenvalue weighted by molar-refractivity contribution is 0.00578. The van der Waals surface area contributed by atoms with Crippen LogP contribution in [-0.4, -0.2) is 23.5 Å². The third-order valence-corrected chi connectivity index (χ3v) is 3.16. The highest BCUT2D eigenvalue weighted by Gasteiger charge is 2.53. The molecule has 0 bridgehead atoms. The Morgan fingerprint density at radius 1 is 1.20 bits per heavy atom.